The highest BCUT2D eigenvalue weighted by Gasteiger charge is 2.30. The molecule has 1 aliphatic carbocycles. The maximum Gasteiger partial charge on any atom is 0.240 e. The fourth-order valence-electron chi connectivity index (χ4n) is 2.95. The highest BCUT2D eigenvalue weighted by molar-refractivity contribution is 7.89. The molecular weight excluding hydrogens is 284 g/mol. The fourth-order valence-corrected chi connectivity index (χ4v) is 4.29. The van der Waals surface area contributed by atoms with Gasteiger partial charge >= 0.3 is 0 Å². The summed E-state index contributed by atoms with van der Waals surface area (Å²) in [5, 5.41) is 0. The minimum atomic E-state index is -3.44. The zero-order valence-corrected chi connectivity index (χ0v) is 13.7. The van der Waals surface area contributed by atoms with E-state index in [2.05, 4.69) is 18.6 Å². The van der Waals surface area contributed by atoms with E-state index in [4.69, 9.17) is 5.73 Å². The third-order valence-corrected chi connectivity index (χ3v) is 6.15. The lowest BCUT2D eigenvalue weighted by Crippen LogP contribution is -2.39. The summed E-state index contributed by atoms with van der Waals surface area (Å²) in [4.78, 5) is 0.345. The number of rotatable bonds is 6. The first-order valence-corrected chi connectivity index (χ1v) is 9.28. The van der Waals surface area contributed by atoms with Crippen LogP contribution in [-0.2, 0) is 10.0 Å². The second-order valence-corrected chi connectivity index (χ2v) is 7.75. The van der Waals surface area contributed by atoms with Crippen molar-refractivity contribution in [2.24, 2.45) is 11.7 Å². The molecule has 0 spiro atoms. The number of nitrogens with one attached hydrogen (secondary N) is 1. The zero-order valence-electron chi connectivity index (χ0n) is 12.9. The van der Waals surface area contributed by atoms with Gasteiger partial charge in [-0.05, 0) is 55.3 Å². The summed E-state index contributed by atoms with van der Waals surface area (Å²) in [6.45, 7) is 4.82. The lowest BCUT2D eigenvalue weighted by Gasteiger charge is -2.19. The average molecular weight is 310 g/mol. The predicted molar refractivity (Wildman–Crippen MR) is 85.7 cm³/mol. The Bertz CT molecular complexity index is 554. The van der Waals surface area contributed by atoms with Gasteiger partial charge in [0.05, 0.1) is 4.90 Å². The number of hydrogen-bond acceptors (Lipinski definition) is 3. The molecule has 2 rings (SSSR count). The van der Waals surface area contributed by atoms with Crippen LogP contribution in [0.3, 0.4) is 0 Å². The lowest BCUT2D eigenvalue weighted by molar-refractivity contribution is 0.453. The van der Waals surface area contributed by atoms with Gasteiger partial charge < -0.3 is 5.73 Å². The molecule has 3 N–H and O–H groups in total. The SMILES string of the molecule is CCC(C)c1ccc(S(=O)(=O)NC2CCCC2CN)cc1. The van der Waals surface area contributed by atoms with Gasteiger partial charge in [0.2, 0.25) is 10.0 Å². The Morgan fingerprint density at radius 3 is 2.52 bits per heavy atom. The standard InChI is InChI=1S/C16H26N2O2S/c1-3-12(2)13-7-9-15(10-8-13)21(19,20)18-16-6-4-5-14(16)11-17/h7-10,12,14,16,18H,3-6,11,17H2,1-2H3. The van der Waals surface area contributed by atoms with Gasteiger partial charge in [0.25, 0.3) is 0 Å². The molecule has 3 atom stereocenters. The summed E-state index contributed by atoms with van der Waals surface area (Å²) >= 11 is 0. The van der Waals surface area contributed by atoms with E-state index in [0.717, 1.165) is 25.7 Å². The van der Waals surface area contributed by atoms with Gasteiger partial charge in [0.15, 0.2) is 0 Å². The molecule has 0 amide bonds. The molecule has 0 aromatic heterocycles. The Morgan fingerprint density at radius 1 is 1.29 bits per heavy atom. The summed E-state index contributed by atoms with van der Waals surface area (Å²) in [5.41, 5.74) is 6.89. The van der Waals surface area contributed by atoms with Crippen molar-refractivity contribution in [3.63, 3.8) is 0 Å². The summed E-state index contributed by atoms with van der Waals surface area (Å²) < 4.78 is 27.7. The van der Waals surface area contributed by atoms with Crippen molar-refractivity contribution in [3.05, 3.63) is 29.8 Å². The van der Waals surface area contributed by atoms with Crippen LogP contribution in [0, 0.1) is 5.92 Å². The van der Waals surface area contributed by atoms with Crippen LogP contribution < -0.4 is 10.5 Å². The monoisotopic (exact) mass is 310 g/mol. The molecule has 5 heteroatoms. The largest absolute Gasteiger partial charge is 0.330 e. The van der Waals surface area contributed by atoms with Crippen molar-refractivity contribution in [1.82, 2.24) is 4.72 Å². The summed E-state index contributed by atoms with van der Waals surface area (Å²) in [6.07, 6.45) is 3.98. The van der Waals surface area contributed by atoms with Crippen molar-refractivity contribution in [1.29, 1.82) is 0 Å². The molecule has 1 aromatic rings. The van der Waals surface area contributed by atoms with Crippen LogP contribution in [0.15, 0.2) is 29.2 Å². The van der Waals surface area contributed by atoms with Crippen molar-refractivity contribution >= 4 is 10.0 Å². The van der Waals surface area contributed by atoms with Crippen molar-refractivity contribution in [2.75, 3.05) is 6.54 Å². The maximum absolute atomic E-state index is 12.4. The molecule has 1 saturated carbocycles. The molecule has 118 valence electrons. The van der Waals surface area contributed by atoms with Crippen LogP contribution in [0.5, 0.6) is 0 Å². The predicted octanol–water partition coefficient (Wildman–Crippen LogP) is 2.61. The van der Waals surface area contributed by atoms with Crippen LogP contribution >= 0.6 is 0 Å². The quantitative estimate of drug-likeness (QED) is 0.848. The molecule has 0 aliphatic heterocycles. The second kappa shape index (κ2) is 6.90. The van der Waals surface area contributed by atoms with Gasteiger partial charge in [-0.15, -0.1) is 0 Å². The van der Waals surface area contributed by atoms with Gasteiger partial charge in [-0.25, -0.2) is 13.1 Å². The Hall–Kier alpha value is -0.910. The van der Waals surface area contributed by atoms with E-state index < -0.39 is 10.0 Å². The molecule has 0 radical (unpaired) electrons. The number of nitrogens with two attached hydrogens (primary N) is 1. The van der Waals surface area contributed by atoms with E-state index in [-0.39, 0.29) is 12.0 Å². The minimum Gasteiger partial charge on any atom is -0.330 e. The van der Waals surface area contributed by atoms with Gasteiger partial charge in [-0.1, -0.05) is 32.4 Å². The average Bonchev–Trinajstić information content (AvgIpc) is 2.93. The molecular formula is C16H26N2O2S. The maximum atomic E-state index is 12.4. The molecule has 1 aliphatic rings. The Morgan fingerprint density at radius 2 is 1.95 bits per heavy atom. The molecule has 1 fully saturated rings. The van der Waals surface area contributed by atoms with Crippen molar-refractivity contribution in [2.45, 2.75) is 56.4 Å². The normalized spacial score (nSPS) is 24.1. The summed E-state index contributed by atoms with van der Waals surface area (Å²) in [7, 11) is -3.44. The first kappa shape index (κ1) is 16.5. The Balaban J connectivity index is 2.12. The molecule has 0 bridgehead atoms. The first-order chi connectivity index (χ1) is 9.97. The summed E-state index contributed by atoms with van der Waals surface area (Å²) in [6, 6.07) is 7.22. The van der Waals surface area contributed by atoms with Crippen molar-refractivity contribution in [3.8, 4) is 0 Å². The number of benzene rings is 1. The van der Waals surface area contributed by atoms with E-state index in [1.54, 1.807) is 12.1 Å². The Kier molecular flexibility index (Phi) is 5.41. The van der Waals surface area contributed by atoms with Crippen LogP contribution in [0.1, 0.15) is 51.0 Å². The van der Waals surface area contributed by atoms with E-state index in [1.165, 1.54) is 5.56 Å². The van der Waals surface area contributed by atoms with E-state index in [0.29, 0.717) is 17.4 Å². The highest BCUT2D eigenvalue weighted by atomic mass is 32.2. The van der Waals surface area contributed by atoms with Crippen LogP contribution in [-0.4, -0.2) is 21.0 Å². The van der Waals surface area contributed by atoms with E-state index in [9.17, 15) is 8.42 Å². The van der Waals surface area contributed by atoms with E-state index >= 15 is 0 Å². The van der Waals surface area contributed by atoms with Crippen LogP contribution in [0.4, 0.5) is 0 Å². The smallest absolute Gasteiger partial charge is 0.240 e. The molecule has 21 heavy (non-hydrogen) atoms. The third-order valence-electron chi connectivity index (χ3n) is 4.64. The Labute approximate surface area is 128 Å². The molecule has 0 heterocycles. The molecule has 4 nitrogen and oxygen atoms in total. The first-order valence-electron chi connectivity index (χ1n) is 7.80. The highest BCUT2D eigenvalue weighted by Crippen LogP contribution is 2.26. The lowest BCUT2D eigenvalue weighted by atomic mass is 9.99. The molecule has 0 saturated heterocycles. The minimum absolute atomic E-state index is 0.0192. The zero-order chi connectivity index (χ0) is 15.5. The second-order valence-electron chi connectivity index (χ2n) is 6.03. The van der Waals surface area contributed by atoms with Gasteiger partial charge in [0.1, 0.15) is 0 Å². The van der Waals surface area contributed by atoms with Crippen LogP contribution in [0.2, 0.25) is 0 Å². The van der Waals surface area contributed by atoms with Gasteiger partial charge in [0, 0.05) is 6.04 Å². The number of sulfonamides is 1. The topological polar surface area (TPSA) is 72.2 Å². The van der Waals surface area contributed by atoms with Crippen molar-refractivity contribution < 1.29 is 8.42 Å². The number of hydrogen-bond donors (Lipinski definition) is 2. The summed E-state index contributed by atoms with van der Waals surface area (Å²) in [5.74, 6) is 0.713. The van der Waals surface area contributed by atoms with E-state index in [1.807, 2.05) is 12.1 Å². The van der Waals surface area contributed by atoms with Crippen LogP contribution in [0.25, 0.3) is 0 Å². The fraction of sp³-hybridized carbons (Fsp3) is 0.625. The van der Waals surface area contributed by atoms with Gasteiger partial charge in [-0.3, -0.25) is 0 Å². The molecule has 3 unspecified atom stereocenters. The van der Waals surface area contributed by atoms with Gasteiger partial charge in [-0.2, -0.15) is 0 Å². The molecule has 1 aromatic carbocycles. The third kappa shape index (κ3) is 3.84.